The summed E-state index contributed by atoms with van der Waals surface area (Å²) >= 11 is 2.83. The van der Waals surface area contributed by atoms with E-state index >= 15 is 0 Å². The highest BCUT2D eigenvalue weighted by Gasteiger charge is 2.28. The van der Waals surface area contributed by atoms with Gasteiger partial charge in [-0.1, -0.05) is 43.7 Å². The number of amides is 1. The fourth-order valence-electron chi connectivity index (χ4n) is 3.62. The van der Waals surface area contributed by atoms with Gasteiger partial charge in [0.15, 0.2) is 5.69 Å². The Hall–Kier alpha value is -3.50. The van der Waals surface area contributed by atoms with Crippen molar-refractivity contribution in [2.45, 2.75) is 39.8 Å². The lowest BCUT2D eigenvalue weighted by Crippen LogP contribution is -2.41. The van der Waals surface area contributed by atoms with Crippen LogP contribution in [-0.2, 0) is 13.1 Å². The zero-order valence-electron chi connectivity index (χ0n) is 18.9. The lowest BCUT2D eigenvalue weighted by Gasteiger charge is -2.24. The molecule has 0 saturated carbocycles. The third-order valence-corrected chi connectivity index (χ3v) is 7.28. The number of aromatic nitrogens is 3. The van der Waals surface area contributed by atoms with E-state index in [1.165, 1.54) is 20.8 Å². The van der Waals surface area contributed by atoms with Crippen LogP contribution >= 0.6 is 22.7 Å². The first-order valence-electron chi connectivity index (χ1n) is 10.9. The summed E-state index contributed by atoms with van der Waals surface area (Å²) < 4.78 is 1.32. The van der Waals surface area contributed by atoms with Crippen molar-refractivity contribution < 1.29 is 4.79 Å². The Balaban J connectivity index is 1.84. The van der Waals surface area contributed by atoms with Crippen LogP contribution in [0.4, 0.5) is 11.5 Å². The van der Waals surface area contributed by atoms with Crippen molar-refractivity contribution in [1.29, 1.82) is 0 Å². The van der Waals surface area contributed by atoms with Crippen molar-refractivity contribution in [2.75, 3.05) is 10.6 Å². The predicted octanol–water partition coefficient (Wildman–Crippen LogP) is 4.26. The van der Waals surface area contributed by atoms with E-state index in [1.54, 1.807) is 18.3 Å². The standard InChI is InChI=1S/C24H25N5O3S2/c1-3-4-11-28-20(25)18(21(30)27-24(28)32)29(13-16-8-6-5-7-9-16)23(31)19-15(2)26-22(34-19)17-10-12-33-14-17/h5-10,12,14H,3-4,11,13,25H2,1-2H3,(H,27,30,32). The van der Waals surface area contributed by atoms with Crippen LogP contribution in [0, 0.1) is 6.92 Å². The highest BCUT2D eigenvalue weighted by molar-refractivity contribution is 7.17. The molecule has 3 aromatic heterocycles. The van der Waals surface area contributed by atoms with Gasteiger partial charge >= 0.3 is 5.69 Å². The number of nitrogens with two attached hydrogens (primary N) is 1. The van der Waals surface area contributed by atoms with Gasteiger partial charge in [-0.3, -0.25) is 24.0 Å². The van der Waals surface area contributed by atoms with E-state index in [0.29, 0.717) is 23.5 Å². The summed E-state index contributed by atoms with van der Waals surface area (Å²) in [6.07, 6.45) is 1.55. The number of aryl methyl sites for hydroxylation is 1. The molecule has 34 heavy (non-hydrogen) atoms. The number of unbranched alkanes of at least 4 members (excludes halogenated alkanes) is 1. The van der Waals surface area contributed by atoms with E-state index in [1.807, 2.05) is 54.1 Å². The predicted molar refractivity (Wildman–Crippen MR) is 138 cm³/mol. The maximum atomic E-state index is 13.9. The van der Waals surface area contributed by atoms with Gasteiger partial charge in [0, 0.05) is 17.5 Å². The van der Waals surface area contributed by atoms with Crippen LogP contribution in [0.2, 0.25) is 0 Å². The van der Waals surface area contributed by atoms with E-state index in [9.17, 15) is 14.4 Å². The molecule has 0 aliphatic heterocycles. The highest BCUT2D eigenvalue weighted by atomic mass is 32.1. The van der Waals surface area contributed by atoms with Gasteiger partial charge in [0.1, 0.15) is 15.7 Å². The second kappa shape index (κ2) is 10.2. The minimum atomic E-state index is -0.695. The molecule has 0 bridgehead atoms. The number of carbonyl (C=O) groups is 1. The molecular weight excluding hydrogens is 470 g/mol. The maximum absolute atomic E-state index is 13.9. The fraction of sp³-hybridized carbons (Fsp3) is 0.250. The largest absolute Gasteiger partial charge is 0.383 e. The molecule has 10 heteroatoms. The van der Waals surface area contributed by atoms with Gasteiger partial charge in [0.05, 0.1) is 12.2 Å². The number of nitrogen functional groups attached to an aromatic ring is 1. The summed E-state index contributed by atoms with van der Waals surface area (Å²) in [6, 6.07) is 11.3. The number of nitrogens with zero attached hydrogens (tertiary/aromatic N) is 3. The molecule has 1 aromatic carbocycles. The van der Waals surface area contributed by atoms with Crippen LogP contribution in [0.3, 0.4) is 0 Å². The molecule has 176 valence electrons. The maximum Gasteiger partial charge on any atom is 0.330 e. The van der Waals surface area contributed by atoms with Crippen molar-refractivity contribution in [3.63, 3.8) is 0 Å². The Kier molecular flexibility index (Phi) is 7.09. The Morgan fingerprint density at radius 2 is 1.97 bits per heavy atom. The monoisotopic (exact) mass is 495 g/mol. The van der Waals surface area contributed by atoms with Crippen molar-refractivity contribution in [1.82, 2.24) is 14.5 Å². The van der Waals surface area contributed by atoms with Crippen molar-refractivity contribution in [2.24, 2.45) is 0 Å². The van der Waals surface area contributed by atoms with Crippen LogP contribution in [0.1, 0.15) is 40.7 Å². The molecule has 4 rings (SSSR count). The third kappa shape index (κ3) is 4.73. The Morgan fingerprint density at radius 3 is 2.65 bits per heavy atom. The smallest absolute Gasteiger partial charge is 0.330 e. The first kappa shape index (κ1) is 23.7. The summed E-state index contributed by atoms with van der Waals surface area (Å²) in [4.78, 5) is 48.0. The summed E-state index contributed by atoms with van der Waals surface area (Å²) in [5.74, 6) is -0.412. The number of rotatable bonds is 8. The Morgan fingerprint density at radius 1 is 1.21 bits per heavy atom. The molecule has 3 heterocycles. The number of carbonyl (C=O) groups excluding carboxylic acids is 1. The molecular formula is C24H25N5O3S2. The molecule has 0 radical (unpaired) electrons. The number of H-pyrrole nitrogens is 1. The number of hydrogen-bond acceptors (Lipinski definition) is 7. The van der Waals surface area contributed by atoms with Gasteiger partial charge in [0.25, 0.3) is 11.5 Å². The zero-order valence-corrected chi connectivity index (χ0v) is 20.5. The van der Waals surface area contributed by atoms with Crippen LogP contribution in [0.25, 0.3) is 10.6 Å². The molecule has 4 aromatic rings. The number of thiophene rings is 1. The molecule has 3 N–H and O–H groups in total. The highest BCUT2D eigenvalue weighted by Crippen LogP contribution is 2.32. The number of aromatic amines is 1. The van der Waals surface area contributed by atoms with E-state index < -0.39 is 17.2 Å². The lowest BCUT2D eigenvalue weighted by atomic mass is 10.2. The van der Waals surface area contributed by atoms with E-state index in [4.69, 9.17) is 5.73 Å². The quantitative estimate of drug-likeness (QED) is 0.379. The van der Waals surface area contributed by atoms with Gasteiger partial charge < -0.3 is 5.73 Å². The van der Waals surface area contributed by atoms with E-state index in [-0.39, 0.29) is 18.1 Å². The van der Waals surface area contributed by atoms with Gasteiger partial charge in [-0.15, -0.1) is 11.3 Å². The molecule has 0 atom stereocenters. The average molecular weight is 496 g/mol. The molecule has 8 nitrogen and oxygen atoms in total. The van der Waals surface area contributed by atoms with Crippen LogP contribution < -0.4 is 21.9 Å². The molecule has 0 spiro atoms. The molecule has 0 unspecified atom stereocenters. The number of hydrogen-bond donors (Lipinski definition) is 2. The Labute approximate surface area is 204 Å². The molecule has 1 amide bonds. The molecule has 0 aliphatic carbocycles. The van der Waals surface area contributed by atoms with Gasteiger partial charge in [0.2, 0.25) is 0 Å². The Bertz CT molecular complexity index is 1400. The minimum absolute atomic E-state index is 0.0216. The zero-order chi connectivity index (χ0) is 24.2. The summed E-state index contributed by atoms with van der Waals surface area (Å²) in [5, 5.41) is 4.66. The first-order valence-corrected chi connectivity index (χ1v) is 12.6. The molecule has 0 fully saturated rings. The van der Waals surface area contributed by atoms with Crippen molar-refractivity contribution in [3.05, 3.63) is 84.1 Å². The lowest BCUT2D eigenvalue weighted by molar-refractivity contribution is 0.0988. The van der Waals surface area contributed by atoms with Crippen LogP contribution in [0.5, 0.6) is 0 Å². The number of benzene rings is 1. The topological polar surface area (TPSA) is 114 Å². The molecule has 0 aliphatic rings. The number of anilines is 2. The van der Waals surface area contributed by atoms with E-state index in [0.717, 1.165) is 22.6 Å². The molecule has 0 saturated heterocycles. The van der Waals surface area contributed by atoms with Crippen LogP contribution in [0.15, 0.2) is 56.7 Å². The number of thiazole rings is 1. The normalized spacial score (nSPS) is 11.0. The minimum Gasteiger partial charge on any atom is -0.383 e. The SMILES string of the molecule is CCCCn1c(N)c(N(Cc2ccccc2)C(=O)c2sc(-c3ccsc3)nc2C)c(=O)[nH]c1=O. The van der Waals surface area contributed by atoms with Gasteiger partial charge in [-0.2, -0.15) is 11.3 Å². The third-order valence-electron chi connectivity index (χ3n) is 5.41. The van der Waals surface area contributed by atoms with E-state index in [2.05, 4.69) is 9.97 Å². The van der Waals surface area contributed by atoms with Crippen LogP contribution in [-0.4, -0.2) is 20.4 Å². The second-order valence-electron chi connectivity index (χ2n) is 7.82. The van der Waals surface area contributed by atoms with Gasteiger partial charge in [-0.05, 0) is 30.4 Å². The number of nitrogens with one attached hydrogen (secondary N) is 1. The second-order valence-corrected chi connectivity index (χ2v) is 9.60. The summed E-state index contributed by atoms with van der Waals surface area (Å²) in [7, 11) is 0. The van der Waals surface area contributed by atoms with Gasteiger partial charge in [-0.25, -0.2) is 9.78 Å². The summed E-state index contributed by atoms with van der Waals surface area (Å²) in [5.41, 5.74) is 7.38. The summed E-state index contributed by atoms with van der Waals surface area (Å²) in [6.45, 7) is 4.23. The average Bonchev–Trinajstić information content (AvgIpc) is 3.48. The fourth-order valence-corrected chi connectivity index (χ4v) is 5.35. The van der Waals surface area contributed by atoms with Crippen molar-refractivity contribution >= 4 is 40.1 Å². The first-order chi connectivity index (χ1) is 16.4. The van der Waals surface area contributed by atoms with Crippen molar-refractivity contribution in [3.8, 4) is 10.6 Å².